The van der Waals surface area contributed by atoms with E-state index in [0.29, 0.717) is 10.6 Å². The molecule has 0 fully saturated rings. The Morgan fingerprint density at radius 1 is 1.18 bits per heavy atom. The summed E-state index contributed by atoms with van der Waals surface area (Å²) < 4.78 is 7.25. The van der Waals surface area contributed by atoms with Gasteiger partial charge in [-0.1, -0.05) is 12.1 Å². The van der Waals surface area contributed by atoms with Crippen LogP contribution in [0.25, 0.3) is 0 Å². The van der Waals surface area contributed by atoms with Gasteiger partial charge in [-0.05, 0) is 56.1 Å². The first kappa shape index (κ1) is 12.8. The number of halogens is 2. The molecule has 5 heteroatoms. The van der Waals surface area contributed by atoms with Gasteiger partial charge in [0.05, 0.1) is 13.1 Å². The predicted octanol–water partition coefficient (Wildman–Crippen LogP) is 4.53. The highest BCUT2D eigenvalue weighted by Crippen LogP contribution is 2.25. The highest BCUT2D eigenvalue weighted by molar-refractivity contribution is 9.11. The number of ketones is 1. The highest BCUT2D eigenvalue weighted by atomic mass is 79.9. The van der Waals surface area contributed by atoms with Crippen LogP contribution in [0.2, 0.25) is 0 Å². The molecule has 1 aromatic carbocycles. The molecule has 88 valence electrons. The Kier molecular flexibility index (Phi) is 4.36. The quantitative estimate of drug-likeness (QED) is 0.733. The number of Topliss-reactive ketones (excluding diaryl/α,β-unsaturated/α-hetero) is 1. The molecule has 2 nitrogen and oxygen atoms in total. The van der Waals surface area contributed by atoms with Crippen LogP contribution >= 0.6 is 43.2 Å². The highest BCUT2D eigenvalue weighted by Gasteiger charge is 2.10. The Balaban J connectivity index is 1.99. The minimum absolute atomic E-state index is 0.0172. The molecule has 2 rings (SSSR count). The average Bonchev–Trinajstić information content (AvgIpc) is 2.74. The van der Waals surface area contributed by atoms with Crippen molar-refractivity contribution >= 4 is 49.0 Å². The summed E-state index contributed by atoms with van der Waals surface area (Å²) in [5.41, 5.74) is 0. The fourth-order valence-corrected chi connectivity index (χ4v) is 2.95. The van der Waals surface area contributed by atoms with E-state index < -0.39 is 0 Å². The van der Waals surface area contributed by atoms with E-state index in [2.05, 4.69) is 31.9 Å². The molecule has 0 saturated heterocycles. The first-order valence-corrected chi connectivity index (χ1v) is 7.23. The Labute approximate surface area is 120 Å². The SMILES string of the molecule is O=C(COc1ccccc1Br)c1ccc(Br)s1. The molecule has 0 aliphatic rings. The van der Waals surface area contributed by atoms with E-state index in [4.69, 9.17) is 4.74 Å². The number of carbonyl (C=O) groups is 1. The summed E-state index contributed by atoms with van der Waals surface area (Å²) in [7, 11) is 0. The van der Waals surface area contributed by atoms with Gasteiger partial charge >= 0.3 is 0 Å². The van der Waals surface area contributed by atoms with E-state index in [0.717, 1.165) is 8.26 Å². The zero-order valence-electron chi connectivity index (χ0n) is 8.65. The maximum Gasteiger partial charge on any atom is 0.210 e. The number of thiophene rings is 1. The fourth-order valence-electron chi connectivity index (χ4n) is 1.24. The van der Waals surface area contributed by atoms with E-state index in [9.17, 15) is 4.79 Å². The first-order chi connectivity index (χ1) is 8.16. The van der Waals surface area contributed by atoms with Gasteiger partial charge in [-0.25, -0.2) is 0 Å². The number of hydrogen-bond donors (Lipinski definition) is 0. The molecule has 1 aromatic heterocycles. The minimum Gasteiger partial charge on any atom is -0.484 e. The summed E-state index contributed by atoms with van der Waals surface area (Å²) in [6.07, 6.45) is 0. The van der Waals surface area contributed by atoms with Crippen molar-refractivity contribution in [1.82, 2.24) is 0 Å². The van der Waals surface area contributed by atoms with Gasteiger partial charge in [-0.3, -0.25) is 4.79 Å². The van der Waals surface area contributed by atoms with Gasteiger partial charge in [-0.15, -0.1) is 11.3 Å². The second kappa shape index (κ2) is 5.80. The normalized spacial score (nSPS) is 10.2. The third-order valence-corrected chi connectivity index (χ3v) is 4.36. The van der Waals surface area contributed by atoms with E-state index in [1.54, 1.807) is 6.07 Å². The summed E-state index contributed by atoms with van der Waals surface area (Å²) >= 11 is 8.10. The minimum atomic E-state index is -0.0172. The number of para-hydroxylation sites is 1. The smallest absolute Gasteiger partial charge is 0.210 e. The number of rotatable bonds is 4. The molecule has 1 heterocycles. The van der Waals surface area contributed by atoms with Crippen molar-refractivity contribution in [3.05, 3.63) is 49.5 Å². The third kappa shape index (κ3) is 3.40. The maximum absolute atomic E-state index is 11.8. The number of benzene rings is 1. The molecule has 0 unspecified atom stereocenters. The Bertz CT molecular complexity index is 537. The zero-order valence-corrected chi connectivity index (χ0v) is 12.6. The number of carbonyl (C=O) groups excluding carboxylic acids is 1. The lowest BCUT2D eigenvalue weighted by molar-refractivity contribution is 0.0925. The summed E-state index contributed by atoms with van der Waals surface area (Å²) in [5.74, 6) is 0.660. The van der Waals surface area contributed by atoms with Crippen molar-refractivity contribution in [3.63, 3.8) is 0 Å². The van der Waals surface area contributed by atoms with Crippen LogP contribution in [-0.2, 0) is 0 Å². The molecule has 2 aromatic rings. The monoisotopic (exact) mass is 374 g/mol. The second-order valence-corrected chi connectivity index (χ2v) is 6.56. The standard InChI is InChI=1S/C12H8Br2O2S/c13-8-3-1-2-4-10(8)16-7-9(15)11-5-6-12(14)17-11/h1-6H,7H2. The van der Waals surface area contributed by atoms with Gasteiger partial charge in [0, 0.05) is 0 Å². The lowest BCUT2D eigenvalue weighted by atomic mass is 10.3. The molecule has 0 bridgehead atoms. The van der Waals surface area contributed by atoms with Crippen LogP contribution < -0.4 is 4.74 Å². The van der Waals surface area contributed by atoms with Gasteiger partial charge in [0.25, 0.3) is 0 Å². The Hall–Kier alpha value is -0.650. The topological polar surface area (TPSA) is 26.3 Å². The van der Waals surface area contributed by atoms with Crippen LogP contribution in [0.3, 0.4) is 0 Å². The molecule has 0 saturated carbocycles. The van der Waals surface area contributed by atoms with E-state index in [-0.39, 0.29) is 12.4 Å². The number of ether oxygens (including phenoxy) is 1. The fraction of sp³-hybridized carbons (Fsp3) is 0.0833. The van der Waals surface area contributed by atoms with Gasteiger partial charge in [0.15, 0.2) is 6.61 Å². The third-order valence-electron chi connectivity index (χ3n) is 2.04. The van der Waals surface area contributed by atoms with E-state index >= 15 is 0 Å². The van der Waals surface area contributed by atoms with Crippen LogP contribution in [-0.4, -0.2) is 12.4 Å². The number of hydrogen-bond acceptors (Lipinski definition) is 3. The summed E-state index contributed by atoms with van der Waals surface area (Å²) in [6.45, 7) is 0.0512. The van der Waals surface area contributed by atoms with Crippen molar-refractivity contribution in [3.8, 4) is 5.75 Å². The lowest BCUT2D eigenvalue weighted by Gasteiger charge is -2.05. The molecule has 0 aliphatic heterocycles. The molecule has 0 amide bonds. The van der Waals surface area contributed by atoms with Gasteiger partial charge in [0.2, 0.25) is 5.78 Å². The van der Waals surface area contributed by atoms with Crippen LogP contribution in [0.4, 0.5) is 0 Å². The zero-order chi connectivity index (χ0) is 12.3. The molecular formula is C12H8Br2O2S. The van der Waals surface area contributed by atoms with Crippen LogP contribution in [0.15, 0.2) is 44.7 Å². The molecule has 0 spiro atoms. The van der Waals surface area contributed by atoms with Crippen LogP contribution in [0.5, 0.6) is 5.75 Å². The van der Waals surface area contributed by atoms with Gasteiger partial charge in [-0.2, -0.15) is 0 Å². The van der Waals surface area contributed by atoms with Crippen molar-refractivity contribution < 1.29 is 9.53 Å². The average molecular weight is 376 g/mol. The van der Waals surface area contributed by atoms with Crippen LogP contribution in [0.1, 0.15) is 9.67 Å². The second-order valence-electron chi connectivity index (χ2n) is 3.25. The largest absolute Gasteiger partial charge is 0.484 e. The summed E-state index contributed by atoms with van der Waals surface area (Å²) in [5, 5.41) is 0. The maximum atomic E-state index is 11.8. The summed E-state index contributed by atoms with van der Waals surface area (Å²) in [6, 6.07) is 11.1. The Morgan fingerprint density at radius 3 is 2.59 bits per heavy atom. The van der Waals surface area contributed by atoms with Crippen molar-refractivity contribution in [2.75, 3.05) is 6.61 Å². The van der Waals surface area contributed by atoms with E-state index in [1.807, 2.05) is 30.3 Å². The molecule has 0 N–H and O–H groups in total. The van der Waals surface area contributed by atoms with Crippen molar-refractivity contribution in [1.29, 1.82) is 0 Å². The molecule has 17 heavy (non-hydrogen) atoms. The van der Waals surface area contributed by atoms with Crippen molar-refractivity contribution in [2.45, 2.75) is 0 Å². The van der Waals surface area contributed by atoms with Crippen molar-refractivity contribution in [2.24, 2.45) is 0 Å². The van der Waals surface area contributed by atoms with E-state index in [1.165, 1.54) is 11.3 Å². The molecule has 0 aliphatic carbocycles. The lowest BCUT2D eigenvalue weighted by Crippen LogP contribution is -2.10. The van der Waals surface area contributed by atoms with Crippen LogP contribution in [0, 0.1) is 0 Å². The van der Waals surface area contributed by atoms with Gasteiger partial charge in [0.1, 0.15) is 5.75 Å². The molecular weight excluding hydrogens is 368 g/mol. The predicted molar refractivity (Wildman–Crippen MR) is 76.0 cm³/mol. The molecule has 0 atom stereocenters. The first-order valence-electron chi connectivity index (χ1n) is 4.82. The molecule has 0 radical (unpaired) electrons. The summed E-state index contributed by atoms with van der Waals surface area (Å²) in [4.78, 5) is 12.5. The van der Waals surface area contributed by atoms with Gasteiger partial charge < -0.3 is 4.74 Å². The Morgan fingerprint density at radius 2 is 1.94 bits per heavy atom.